The molecule has 3 rings (SSSR count). The van der Waals surface area contributed by atoms with Gasteiger partial charge in [-0.15, -0.1) is 0 Å². The van der Waals surface area contributed by atoms with Crippen molar-refractivity contribution in [1.82, 2.24) is 0 Å². The lowest BCUT2D eigenvalue weighted by Crippen LogP contribution is -2.16. The molecule has 1 aliphatic rings. The standard InChI is InChI=1S/C15H8F3NO3S/c16-15(17,18)9-6-12-10(5-8(9)14(21)22)19-13(20)7-3-1-2-4-11(7)23-12/h1-6H,(H,19,20)(H,21,22). The molecule has 0 aliphatic carbocycles. The topological polar surface area (TPSA) is 66.4 Å². The summed E-state index contributed by atoms with van der Waals surface area (Å²) in [6.07, 6.45) is -4.81. The minimum atomic E-state index is -4.81. The smallest absolute Gasteiger partial charge is 0.417 e. The molecule has 1 amide bonds. The van der Waals surface area contributed by atoms with Crippen LogP contribution in [0.3, 0.4) is 0 Å². The van der Waals surface area contributed by atoms with Crippen molar-refractivity contribution in [2.24, 2.45) is 0 Å². The van der Waals surface area contributed by atoms with Crippen LogP contribution in [0.25, 0.3) is 0 Å². The third kappa shape index (κ3) is 2.77. The Bertz CT molecular complexity index is 833. The van der Waals surface area contributed by atoms with Crippen LogP contribution in [-0.2, 0) is 6.18 Å². The van der Waals surface area contributed by atoms with Crippen LogP contribution in [0.5, 0.6) is 0 Å². The molecule has 0 fully saturated rings. The molecular formula is C15H8F3NO3S. The lowest BCUT2D eigenvalue weighted by Gasteiger charge is -2.14. The maximum Gasteiger partial charge on any atom is 0.417 e. The van der Waals surface area contributed by atoms with Gasteiger partial charge in [0, 0.05) is 9.79 Å². The predicted octanol–water partition coefficient (Wildman–Crippen LogP) is 4.12. The molecular weight excluding hydrogens is 331 g/mol. The number of nitrogens with one attached hydrogen (secondary N) is 1. The van der Waals surface area contributed by atoms with Gasteiger partial charge in [-0.25, -0.2) is 4.79 Å². The Hall–Kier alpha value is -2.48. The molecule has 23 heavy (non-hydrogen) atoms. The first-order chi connectivity index (χ1) is 10.8. The number of hydrogen-bond acceptors (Lipinski definition) is 3. The molecule has 0 saturated carbocycles. The van der Waals surface area contributed by atoms with E-state index in [4.69, 9.17) is 5.11 Å². The van der Waals surface area contributed by atoms with Crippen LogP contribution in [0.4, 0.5) is 18.9 Å². The van der Waals surface area contributed by atoms with Gasteiger partial charge in [-0.3, -0.25) is 4.79 Å². The van der Waals surface area contributed by atoms with Crippen molar-refractivity contribution in [3.63, 3.8) is 0 Å². The Kier molecular flexibility index (Phi) is 3.56. The molecule has 0 bridgehead atoms. The summed E-state index contributed by atoms with van der Waals surface area (Å²) in [7, 11) is 0. The number of carbonyl (C=O) groups is 2. The van der Waals surface area contributed by atoms with Gasteiger partial charge in [-0.05, 0) is 24.3 Å². The van der Waals surface area contributed by atoms with Gasteiger partial charge < -0.3 is 10.4 Å². The van der Waals surface area contributed by atoms with Crippen LogP contribution in [0.15, 0.2) is 46.2 Å². The maximum absolute atomic E-state index is 13.1. The van der Waals surface area contributed by atoms with Crippen LogP contribution in [0.1, 0.15) is 26.3 Å². The monoisotopic (exact) mass is 339 g/mol. The number of carbonyl (C=O) groups excluding carboxylic acids is 1. The Balaban J connectivity index is 2.22. The van der Waals surface area contributed by atoms with E-state index in [1.54, 1.807) is 24.3 Å². The van der Waals surface area contributed by atoms with Crippen molar-refractivity contribution in [2.75, 3.05) is 5.32 Å². The fourth-order valence-electron chi connectivity index (χ4n) is 2.22. The zero-order chi connectivity index (χ0) is 16.8. The first-order valence-electron chi connectivity index (χ1n) is 6.34. The Morgan fingerprint density at radius 1 is 1.13 bits per heavy atom. The van der Waals surface area contributed by atoms with Crippen LogP contribution in [0, 0.1) is 0 Å². The molecule has 4 nitrogen and oxygen atoms in total. The highest BCUT2D eigenvalue weighted by Gasteiger charge is 2.37. The molecule has 0 atom stereocenters. The second-order valence-electron chi connectivity index (χ2n) is 4.75. The second kappa shape index (κ2) is 5.31. The molecule has 0 saturated heterocycles. The molecule has 0 spiro atoms. The summed E-state index contributed by atoms with van der Waals surface area (Å²) in [5.74, 6) is -2.20. The number of carboxylic acids is 1. The van der Waals surface area contributed by atoms with E-state index >= 15 is 0 Å². The predicted molar refractivity (Wildman–Crippen MR) is 76.9 cm³/mol. The number of alkyl halides is 3. The average Bonchev–Trinajstić information content (AvgIpc) is 2.60. The minimum absolute atomic E-state index is 0.0431. The van der Waals surface area contributed by atoms with Gasteiger partial charge in [0.1, 0.15) is 0 Å². The number of carboxylic acid groups (broad SMARTS) is 1. The van der Waals surface area contributed by atoms with Crippen molar-refractivity contribution in [1.29, 1.82) is 0 Å². The largest absolute Gasteiger partial charge is 0.478 e. The molecule has 0 unspecified atom stereocenters. The van der Waals surface area contributed by atoms with Crippen LogP contribution in [-0.4, -0.2) is 17.0 Å². The summed E-state index contributed by atoms with van der Waals surface area (Å²) >= 11 is 0.982. The van der Waals surface area contributed by atoms with Crippen molar-refractivity contribution in [3.8, 4) is 0 Å². The van der Waals surface area contributed by atoms with E-state index in [0.717, 1.165) is 23.9 Å². The van der Waals surface area contributed by atoms with Crippen molar-refractivity contribution in [3.05, 3.63) is 53.1 Å². The third-order valence-corrected chi connectivity index (χ3v) is 4.39. The number of rotatable bonds is 1. The first kappa shape index (κ1) is 15.4. The van der Waals surface area contributed by atoms with E-state index < -0.39 is 29.2 Å². The van der Waals surface area contributed by atoms with E-state index in [1.807, 2.05) is 0 Å². The maximum atomic E-state index is 13.1. The molecule has 0 aromatic heterocycles. The number of halogens is 3. The van der Waals surface area contributed by atoms with Crippen LogP contribution in [0.2, 0.25) is 0 Å². The SMILES string of the molecule is O=C1Nc2cc(C(=O)O)c(C(F)(F)F)cc2Sc2ccccc21. The number of hydrogen-bond donors (Lipinski definition) is 2. The van der Waals surface area contributed by atoms with Gasteiger partial charge in [-0.1, -0.05) is 23.9 Å². The first-order valence-corrected chi connectivity index (χ1v) is 7.16. The fraction of sp³-hybridized carbons (Fsp3) is 0.0667. The van der Waals surface area contributed by atoms with Crippen LogP contribution >= 0.6 is 11.8 Å². The van der Waals surface area contributed by atoms with E-state index in [1.165, 1.54) is 0 Å². The molecule has 118 valence electrons. The van der Waals surface area contributed by atoms with Gasteiger partial charge in [-0.2, -0.15) is 13.2 Å². The molecule has 1 heterocycles. The summed E-state index contributed by atoms with van der Waals surface area (Å²) in [4.78, 5) is 23.9. The van der Waals surface area contributed by atoms with E-state index in [2.05, 4.69) is 5.32 Å². The summed E-state index contributed by atoms with van der Waals surface area (Å²) < 4.78 is 39.3. The number of fused-ring (bicyclic) bond motifs is 2. The summed E-state index contributed by atoms with van der Waals surface area (Å²) in [5.41, 5.74) is -1.78. The normalized spacial score (nSPS) is 13.6. The summed E-state index contributed by atoms with van der Waals surface area (Å²) in [5, 5.41) is 11.5. The molecule has 2 aromatic carbocycles. The van der Waals surface area contributed by atoms with Gasteiger partial charge in [0.15, 0.2) is 0 Å². The fourth-order valence-corrected chi connectivity index (χ4v) is 3.28. The lowest BCUT2D eigenvalue weighted by molar-refractivity contribution is -0.138. The number of benzene rings is 2. The molecule has 2 aromatic rings. The van der Waals surface area contributed by atoms with Gasteiger partial charge >= 0.3 is 12.1 Å². The highest BCUT2D eigenvalue weighted by atomic mass is 32.2. The second-order valence-corrected chi connectivity index (χ2v) is 5.83. The Morgan fingerprint density at radius 2 is 1.83 bits per heavy atom. The summed E-state index contributed by atoms with van der Waals surface area (Å²) in [6.45, 7) is 0. The van der Waals surface area contributed by atoms with Crippen molar-refractivity contribution in [2.45, 2.75) is 16.0 Å². The molecule has 2 N–H and O–H groups in total. The Labute approximate surface area is 132 Å². The number of anilines is 1. The molecule has 0 radical (unpaired) electrons. The molecule has 8 heteroatoms. The molecule has 1 aliphatic heterocycles. The van der Waals surface area contributed by atoms with E-state index in [0.29, 0.717) is 10.5 Å². The highest BCUT2D eigenvalue weighted by molar-refractivity contribution is 7.99. The van der Waals surface area contributed by atoms with E-state index in [9.17, 15) is 22.8 Å². The minimum Gasteiger partial charge on any atom is -0.478 e. The lowest BCUT2D eigenvalue weighted by atomic mass is 10.1. The quantitative estimate of drug-likeness (QED) is 0.820. The number of aromatic carboxylic acids is 1. The highest BCUT2D eigenvalue weighted by Crippen LogP contribution is 2.43. The average molecular weight is 339 g/mol. The van der Waals surface area contributed by atoms with Gasteiger partial charge in [0.25, 0.3) is 5.91 Å². The van der Waals surface area contributed by atoms with Crippen LogP contribution < -0.4 is 5.32 Å². The van der Waals surface area contributed by atoms with E-state index in [-0.39, 0.29) is 10.6 Å². The van der Waals surface area contributed by atoms with Gasteiger partial charge in [0.2, 0.25) is 0 Å². The Morgan fingerprint density at radius 3 is 2.48 bits per heavy atom. The van der Waals surface area contributed by atoms with Crippen molar-refractivity contribution < 1.29 is 27.9 Å². The number of amides is 1. The van der Waals surface area contributed by atoms with Crippen molar-refractivity contribution >= 4 is 29.3 Å². The van der Waals surface area contributed by atoms with Gasteiger partial charge in [0.05, 0.1) is 22.4 Å². The summed E-state index contributed by atoms with van der Waals surface area (Å²) in [6, 6.07) is 8.07. The zero-order valence-electron chi connectivity index (χ0n) is 11.3. The zero-order valence-corrected chi connectivity index (χ0v) is 12.1. The third-order valence-electron chi connectivity index (χ3n) is 3.26.